The van der Waals surface area contributed by atoms with Gasteiger partial charge in [-0.05, 0) is 48.1 Å². The van der Waals surface area contributed by atoms with Crippen molar-refractivity contribution in [1.29, 1.82) is 0 Å². The van der Waals surface area contributed by atoms with Crippen LogP contribution >= 0.6 is 0 Å². The van der Waals surface area contributed by atoms with E-state index >= 15 is 0 Å². The minimum Gasteiger partial charge on any atom is -0.387 e. The van der Waals surface area contributed by atoms with Gasteiger partial charge >= 0.3 is 0 Å². The quantitative estimate of drug-likeness (QED) is 0.855. The molecule has 2 atom stereocenters. The summed E-state index contributed by atoms with van der Waals surface area (Å²) in [5.41, 5.74) is 0.795. The Balaban J connectivity index is 1.32. The molecule has 2 aliphatic rings. The third-order valence-corrected chi connectivity index (χ3v) is 5.66. The molecule has 4 rings (SSSR count). The summed E-state index contributed by atoms with van der Waals surface area (Å²) in [5, 5.41) is 15.5. The summed E-state index contributed by atoms with van der Waals surface area (Å²) >= 11 is 0. The number of carbonyl (C=O) groups excluding carboxylic acids is 2. The average molecular weight is 366 g/mol. The number of amides is 2. The maximum atomic E-state index is 12.5. The average Bonchev–Trinajstić information content (AvgIpc) is 3.56. The van der Waals surface area contributed by atoms with E-state index in [0.717, 1.165) is 48.6 Å². The van der Waals surface area contributed by atoms with Crippen molar-refractivity contribution < 1.29 is 14.7 Å². The summed E-state index contributed by atoms with van der Waals surface area (Å²) in [7, 11) is 0. The topological polar surface area (TPSA) is 69.6 Å². The molecule has 0 spiro atoms. The van der Waals surface area contributed by atoms with E-state index in [1.807, 2.05) is 47.4 Å². The van der Waals surface area contributed by atoms with E-state index in [2.05, 4.69) is 5.32 Å². The number of nitrogens with zero attached hydrogens (tertiary/aromatic N) is 1. The van der Waals surface area contributed by atoms with Crippen LogP contribution in [0.5, 0.6) is 0 Å². The second-order valence-corrected chi connectivity index (χ2v) is 7.77. The number of nitrogens with one attached hydrogen (secondary N) is 1. The second-order valence-electron chi connectivity index (χ2n) is 7.77. The molecule has 142 valence electrons. The number of benzene rings is 2. The zero-order valence-corrected chi connectivity index (χ0v) is 15.4. The number of piperidine rings is 1. The molecule has 1 saturated heterocycles. The zero-order chi connectivity index (χ0) is 18.8. The molecule has 27 heavy (non-hydrogen) atoms. The van der Waals surface area contributed by atoms with Crippen LogP contribution < -0.4 is 5.32 Å². The molecule has 2 unspecified atom stereocenters. The maximum absolute atomic E-state index is 12.5. The molecule has 1 aliphatic heterocycles. The van der Waals surface area contributed by atoms with Crippen LogP contribution in [0.25, 0.3) is 10.8 Å². The Bertz CT molecular complexity index is 846. The van der Waals surface area contributed by atoms with E-state index in [1.54, 1.807) is 0 Å². The van der Waals surface area contributed by atoms with Gasteiger partial charge in [-0.3, -0.25) is 9.59 Å². The third kappa shape index (κ3) is 4.14. The number of hydrogen-bond donors (Lipinski definition) is 2. The second kappa shape index (κ2) is 7.69. The fourth-order valence-corrected chi connectivity index (χ4v) is 3.85. The van der Waals surface area contributed by atoms with Crippen molar-refractivity contribution >= 4 is 22.6 Å². The Morgan fingerprint density at radius 2 is 1.85 bits per heavy atom. The Kier molecular flexibility index (Phi) is 5.12. The SMILES string of the molecule is O=C(NCC(O)c1ccc2ccccc2c1)C1CCCN(C(=O)C2CC2)C1. The summed E-state index contributed by atoms with van der Waals surface area (Å²) in [6.07, 6.45) is 2.90. The molecule has 5 nitrogen and oxygen atoms in total. The van der Waals surface area contributed by atoms with Crippen molar-refractivity contribution in [3.8, 4) is 0 Å². The molecule has 1 heterocycles. The van der Waals surface area contributed by atoms with Gasteiger partial charge in [-0.25, -0.2) is 0 Å². The van der Waals surface area contributed by atoms with Crippen LogP contribution in [0.3, 0.4) is 0 Å². The Hall–Kier alpha value is -2.40. The van der Waals surface area contributed by atoms with Gasteiger partial charge in [-0.1, -0.05) is 36.4 Å². The van der Waals surface area contributed by atoms with E-state index in [0.29, 0.717) is 6.54 Å². The highest BCUT2D eigenvalue weighted by Gasteiger charge is 2.36. The van der Waals surface area contributed by atoms with E-state index in [-0.39, 0.29) is 30.2 Å². The van der Waals surface area contributed by atoms with Crippen molar-refractivity contribution in [1.82, 2.24) is 10.2 Å². The van der Waals surface area contributed by atoms with Crippen molar-refractivity contribution in [3.05, 3.63) is 48.0 Å². The highest BCUT2D eigenvalue weighted by Crippen LogP contribution is 2.32. The minimum atomic E-state index is -0.744. The fourth-order valence-electron chi connectivity index (χ4n) is 3.85. The Morgan fingerprint density at radius 3 is 2.63 bits per heavy atom. The molecular formula is C22H26N2O3. The van der Waals surface area contributed by atoms with Crippen LogP contribution in [0, 0.1) is 11.8 Å². The number of likely N-dealkylation sites (tertiary alicyclic amines) is 1. The van der Waals surface area contributed by atoms with Crippen LogP contribution in [-0.2, 0) is 9.59 Å². The molecule has 2 fully saturated rings. The molecule has 1 saturated carbocycles. The number of rotatable bonds is 5. The normalized spacial score (nSPS) is 21.1. The summed E-state index contributed by atoms with van der Waals surface area (Å²) in [6.45, 7) is 1.45. The summed E-state index contributed by atoms with van der Waals surface area (Å²) in [4.78, 5) is 26.6. The lowest BCUT2D eigenvalue weighted by molar-refractivity contribution is -0.136. The summed E-state index contributed by atoms with van der Waals surface area (Å²) < 4.78 is 0. The van der Waals surface area contributed by atoms with Crippen LogP contribution in [-0.4, -0.2) is 41.5 Å². The van der Waals surface area contributed by atoms with E-state index < -0.39 is 6.10 Å². The molecule has 0 bridgehead atoms. The lowest BCUT2D eigenvalue weighted by Gasteiger charge is -2.32. The Morgan fingerprint density at radius 1 is 1.07 bits per heavy atom. The molecule has 2 amide bonds. The number of hydrogen-bond acceptors (Lipinski definition) is 3. The number of carbonyl (C=O) groups is 2. The predicted molar refractivity (Wildman–Crippen MR) is 104 cm³/mol. The Labute approximate surface area is 159 Å². The highest BCUT2D eigenvalue weighted by atomic mass is 16.3. The van der Waals surface area contributed by atoms with Gasteiger partial charge < -0.3 is 15.3 Å². The molecule has 2 aromatic carbocycles. The molecule has 0 aromatic heterocycles. The molecule has 0 radical (unpaired) electrons. The van der Waals surface area contributed by atoms with Crippen LogP contribution in [0.1, 0.15) is 37.4 Å². The monoisotopic (exact) mass is 366 g/mol. The van der Waals surface area contributed by atoms with Gasteiger partial charge in [-0.15, -0.1) is 0 Å². The zero-order valence-electron chi connectivity index (χ0n) is 15.4. The maximum Gasteiger partial charge on any atom is 0.225 e. The number of aliphatic hydroxyl groups excluding tert-OH is 1. The van der Waals surface area contributed by atoms with E-state index in [9.17, 15) is 14.7 Å². The first-order valence-corrected chi connectivity index (χ1v) is 9.85. The first-order valence-electron chi connectivity index (χ1n) is 9.85. The summed E-state index contributed by atoms with van der Waals surface area (Å²) in [5.74, 6) is 0.165. The van der Waals surface area contributed by atoms with Crippen LogP contribution in [0.2, 0.25) is 0 Å². The molecule has 2 aromatic rings. The van der Waals surface area contributed by atoms with Crippen LogP contribution in [0.4, 0.5) is 0 Å². The molecule has 2 N–H and O–H groups in total. The summed E-state index contributed by atoms with van der Waals surface area (Å²) in [6, 6.07) is 13.8. The van der Waals surface area contributed by atoms with Crippen LogP contribution in [0.15, 0.2) is 42.5 Å². The first kappa shape index (κ1) is 18.0. The highest BCUT2D eigenvalue weighted by molar-refractivity contribution is 5.84. The molecule has 5 heteroatoms. The van der Waals surface area contributed by atoms with Gasteiger partial charge in [0.25, 0.3) is 0 Å². The van der Waals surface area contributed by atoms with Gasteiger partial charge in [0.15, 0.2) is 0 Å². The van der Waals surface area contributed by atoms with Crippen molar-refractivity contribution in [2.45, 2.75) is 31.8 Å². The van der Waals surface area contributed by atoms with E-state index in [1.165, 1.54) is 0 Å². The minimum absolute atomic E-state index is 0.0665. The number of aliphatic hydroxyl groups is 1. The standard InChI is InChI=1S/C22H26N2O3/c25-20(18-10-7-15-4-1-2-5-17(15)12-18)13-23-21(26)19-6-3-11-24(14-19)22(27)16-8-9-16/h1-2,4-5,7,10,12,16,19-20,25H,3,6,8-9,11,13-14H2,(H,23,26). The van der Waals surface area contributed by atoms with Gasteiger partial charge in [0.1, 0.15) is 0 Å². The lowest BCUT2D eigenvalue weighted by atomic mass is 9.96. The first-order chi connectivity index (χ1) is 13.1. The lowest BCUT2D eigenvalue weighted by Crippen LogP contribution is -2.46. The number of fused-ring (bicyclic) bond motifs is 1. The van der Waals surface area contributed by atoms with Gasteiger partial charge in [0.05, 0.1) is 12.0 Å². The molecular weight excluding hydrogens is 340 g/mol. The molecule has 1 aliphatic carbocycles. The predicted octanol–water partition coefficient (Wildman–Crippen LogP) is 2.64. The van der Waals surface area contributed by atoms with Gasteiger partial charge in [0.2, 0.25) is 11.8 Å². The van der Waals surface area contributed by atoms with Crippen molar-refractivity contribution in [3.63, 3.8) is 0 Å². The van der Waals surface area contributed by atoms with E-state index in [4.69, 9.17) is 0 Å². The smallest absolute Gasteiger partial charge is 0.225 e. The van der Waals surface area contributed by atoms with Crippen molar-refractivity contribution in [2.24, 2.45) is 11.8 Å². The van der Waals surface area contributed by atoms with Gasteiger partial charge in [-0.2, -0.15) is 0 Å². The fraction of sp³-hybridized carbons (Fsp3) is 0.455. The van der Waals surface area contributed by atoms with Gasteiger partial charge in [0, 0.05) is 25.6 Å². The van der Waals surface area contributed by atoms with Crippen molar-refractivity contribution in [2.75, 3.05) is 19.6 Å². The largest absolute Gasteiger partial charge is 0.387 e. The third-order valence-electron chi connectivity index (χ3n) is 5.66.